The van der Waals surface area contributed by atoms with Crippen LogP contribution in [0.1, 0.15) is 17.3 Å². The number of thioether (sulfide) groups is 1. The van der Waals surface area contributed by atoms with Crippen LogP contribution in [-0.2, 0) is 0 Å². The number of rotatable bonds is 3. The van der Waals surface area contributed by atoms with Crippen molar-refractivity contribution in [2.45, 2.75) is 12.2 Å². The van der Waals surface area contributed by atoms with Crippen LogP contribution in [0.5, 0.6) is 5.75 Å². The maximum atomic E-state index is 12.2. The third kappa shape index (κ3) is 3.96. The van der Waals surface area contributed by atoms with Gasteiger partial charge >= 0.3 is 0 Å². The van der Waals surface area contributed by atoms with Gasteiger partial charge in [-0.15, -0.1) is 0 Å². The fraction of sp³-hybridized carbons (Fsp3) is 0.333. The summed E-state index contributed by atoms with van der Waals surface area (Å²) in [6.45, 7) is 1.78. The topological polar surface area (TPSA) is 40.5 Å². The van der Waals surface area contributed by atoms with Crippen LogP contribution in [0.3, 0.4) is 0 Å². The van der Waals surface area contributed by atoms with Gasteiger partial charge < -0.3 is 10.0 Å². The minimum absolute atomic E-state index is 0.00794. The molecule has 0 aliphatic carbocycles. The number of aromatic hydroxyl groups is 1. The van der Waals surface area contributed by atoms with Gasteiger partial charge in [-0.25, -0.2) is 0 Å². The molecule has 0 bridgehead atoms. The van der Waals surface area contributed by atoms with Gasteiger partial charge in [-0.05, 0) is 25.1 Å². The third-order valence-electron chi connectivity index (χ3n) is 2.24. The normalized spacial score (nSPS) is 12.0. The first-order chi connectivity index (χ1) is 8.32. The van der Waals surface area contributed by atoms with E-state index in [0.29, 0.717) is 9.88 Å². The number of hydrogen-bond donors (Lipinski definition) is 1. The summed E-state index contributed by atoms with van der Waals surface area (Å²) in [5.41, 5.74) is 0.311. The van der Waals surface area contributed by atoms with Gasteiger partial charge in [0.15, 0.2) is 5.78 Å². The number of benzene rings is 1. The van der Waals surface area contributed by atoms with Crippen LogP contribution in [-0.4, -0.2) is 39.5 Å². The molecule has 0 saturated heterocycles. The Balaban J connectivity index is 2.87. The summed E-state index contributed by atoms with van der Waals surface area (Å²) >= 11 is 9.74. The zero-order valence-electron chi connectivity index (χ0n) is 10.3. The van der Waals surface area contributed by atoms with Crippen LogP contribution in [0.2, 0.25) is 0 Å². The SMILES string of the molecule is C[C@H](SC(=S)N(C)C)C(=O)c1cc(Br)ccc1O. The molecule has 1 N–H and O–H groups in total. The molecule has 1 atom stereocenters. The number of carbonyl (C=O) groups is 1. The zero-order chi connectivity index (χ0) is 13.9. The van der Waals surface area contributed by atoms with E-state index >= 15 is 0 Å². The molecule has 0 aliphatic rings. The van der Waals surface area contributed by atoms with Gasteiger partial charge in [0.1, 0.15) is 10.1 Å². The van der Waals surface area contributed by atoms with E-state index in [9.17, 15) is 9.90 Å². The minimum atomic E-state index is -0.333. The van der Waals surface area contributed by atoms with Crippen molar-refractivity contribution in [3.63, 3.8) is 0 Å². The molecule has 3 nitrogen and oxygen atoms in total. The number of phenolic OH excluding ortho intramolecular Hbond substituents is 1. The highest BCUT2D eigenvalue weighted by molar-refractivity contribution is 9.10. The second kappa shape index (κ2) is 6.54. The molecule has 0 fully saturated rings. The molecule has 98 valence electrons. The summed E-state index contributed by atoms with van der Waals surface area (Å²) < 4.78 is 1.40. The van der Waals surface area contributed by atoms with E-state index in [1.807, 2.05) is 14.1 Å². The Bertz CT molecular complexity index is 477. The van der Waals surface area contributed by atoms with Crippen LogP contribution in [0.4, 0.5) is 0 Å². The van der Waals surface area contributed by atoms with Gasteiger partial charge in [-0.2, -0.15) is 0 Å². The number of carbonyl (C=O) groups excluding carboxylic acids is 1. The third-order valence-corrected chi connectivity index (χ3v) is 4.52. The Hall–Kier alpha value is -0.590. The molecule has 1 aromatic carbocycles. The van der Waals surface area contributed by atoms with Crippen molar-refractivity contribution in [3.05, 3.63) is 28.2 Å². The lowest BCUT2D eigenvalue weighted by atomic mass is 10.1. The van der Waals surface area contributed by atoms with E-state index in [1.54, 1.807) is 24.0 Å². The summed E-state index contributed by atoms with van der Waals surface area (Å²) in [6.07, 6.45) is 0. The predicted molar refractivity (Wildman–Crippen MR) is 83.5 cm³/mol. The molecule has 0 heterocycles. The van der Waals surface area contributed by atoms with Crippen LogP contribution >= 0.6 is 39.9 Å². The standard InChI is InChI=1S/C12H14BrNO2S2/c1-7(18-12(17)14(2)3)11(16)9-6-8(13)4-5-10(9)15/h4-7,15H,1-3H3/t7-/m0/s1. The van der Waals surface area contributed by atoms with Crippen molar-refractivity contribution in [1.29, 1.82) is 0 Å². The van der Waals surface area contributed by atoms with Crippen LogP contribution in [0.15, 0.2) is 22.7 Å². The lowest BCUT2D eigenvalue weighted by molar-refractivity contribution is 0.0991. The number of ketones is 1. The van der Waals surface area contributed by atoms with E-state index in [1.165, 1.54) is 17.8 Å². The summed E-state index contributed by atoms with van der Waals surface area (Å²) in [5.74, 6) is -0.144. The highest BCUT2D eigenvalue weighted by Crippen LogP contribution is 2.27. The Morgan fingerprint density at radius 2 is 2.11 bits per heavy atom. The van der Waals surface area contributed by atoms with Crippen LogP contribution < -0.4 is 0 Å². The van der Waals surface area contributed by atoms with Crippen molar-refractivity contribution in [2.75, 3.05) is 14.1 Å². The highest BCUT2D eigenvalue weighted by atomic mass is 79.9. The quantitative estimate of drug-likeness (QED) is 0.670. The molecule has 0 spiro atoms. The molecule has 0 aliphatic heterocycles. The lowest BCUT2D eigenvalue weighted by Gasteiger charge is -2.17. The summed E-state index contributed by atoms with van der Waals surface area (Å²) in [6, 6.07) is 4.81. The molecule has 1 aromatic rings. The Kier molecular flexibility index (Phi) is 5.62. The van der Waals surface area contributed by atoms with Gasteiger partial charge in [0.05, 0.1) is 10.8 Å². The number of nitrogens with zero attached hydrogens (tertiary/aromatic N) is 1. The van der Waals surface area contributed by atoms with Crippen molar-refractivity contribution < 1.29 is 9.90 Å². The number of halogens is 1. The number of thiocarbonyl (C=S) groups is 1. The minimum Gasteiger partial charge on any atom is -0.507 e. The van der Waals surface area contributed by atoms with Gasteiger partial charge in [-0.1, -0.05) is 39.9 Å². The smallest absolute Gasteiger partial charge is 0.179 e. The molecule has 18 heavy (non-hydrogen) atoms. The molecule has 0 unspecified atom stereocenters. The molecular weight excluding hydrogens is 334 g/mol. The zero-order valence-corrected chi connectivity index (χ0v) is 13.5. The van der Waals surface area contributed by atoms with Crippen molar-refractivity contribution in [3.8, 4) is 5.75 Å². The fourth-order valence-corrected chi connectivity index (χ4v) is 2.78. The maximum absolute atomic E-state index is 12.2. The van der Waals surface area contributed by atoms with Crippen LogP contribution in [0.25, 0.3) is 0 Å². The van der Waals surface area contributed by atoms with Crippen molar-refractivity contribution >= 4 is 50.0 Å². The first kappa shape index (κ1) is 15.5. The van der Waals surface area contributed by atoms with Crippen molar-refractivity contribution in [1.82, 2.24) is 4.90 Å². The average Bonchev–Trinajstić information content (AvgIpc) is 2.31. The van der Waals surface area contributed by atoms with Crippen molar-refractivity contribution in [2.24, 2.45) is 0 Å². The van der Waals surface area contributed by atoms with Crippen LogP contribution in [0, 0.1) is 0 Å². The summed E-state index contributed by atoms with van der Waals surface area (Å²) in [4.78, 5) is 14.0. The Labute approximate surface area is 125 Å². The lowest BCUT2D eigenvalue weighted by Crippen LogP contribution is -2.22. The monoisotopic (exact) mass is 347 g/mol. The molecule has 0 radical (unpaired) electrons. The molecule has 0 saturated carbocycles. The molecule has 1 rings (SSSR count). The van der Waals surface area contributed by atoms with Gasteiger partial charge in [-0.3, -0.25) is 4.79 Å². The molecule has 6 heteroatoms. The predicted octanol–water partition coefficient (Wildman–Crippen LogP) is 3.31. The first-order valence-electron chi connectivity index (χ1n) is 5.23. The summed E-state index contributed by atoms with van der Waals surface area (Å²) in [7, 11) is 3.67. The van der Waals surface area contributed by atoms with Gasteiger partial charge in [0.25, 0.3) is 0 Å². The van der Waals surface area contributed by atoms with Gasteiger partial charge in [0, 0.05) is 18.6 Å². The fourth-order valence-electron chi connectivity index (χ4n) is 1.23. The average molecular weight is 348 g/mol. The van der Waals surface area contributed by atoms with Gasteiger partial charge in [0.2, 0.25) is 0 Å². The number of phenols is 1. The van der Waals surface area contributed by atoms with E-state index in [2.05, 4.69) is 15.9 Å². The molecular formula is C12H14BrNO2S2. The van der Waals surface area contributed by atoms with E-state index < -0.39 is 0 Å². The second-order valence-electron chi connectivity index (χ2n) is 3.95. The first-order valence-corrected chi connectivity index (χ1v) is 7.31. The van der Waals surface area contributed by atoms with E-state index in [0.717, 1.165) is 4.47 Å². The highest BCUT2D eigenvalue weighted by Gasteiger charge is 2.21. The second-order valence-corrected chi connectivity index (χ2v) is 6.84. The van der Waals surface area contributed by atoms with E-state index in [4.69, 9.17) is 12.2 Å². The molecule has 0 aromatic heterocycles. The number of Topliss-reactive ketones (excluding diaryl/α,β-unsaturated/α-hetero) is 1. The Morgan fingerprint density at radius 3 is 2.67 bits per heavy atom. The maximum Gasteiger partial charge on any atom is 0.179 e. The largest absolute Gasteiger partial charge is 0.507 e. The van der Waals surface area contributed by atoms with E-state index in [-0.39, 0.29) is 16.8 Å². The Morgan fingerprint density at radius 1 is 1.50 bits per heavy atom. The summed E-state index contributed by atoms with van der Waals surface area (Å²) in [5, 5.41) is 9.37. The molecule has 0 amide bonds. The number of hydrogen-bond acceptors (Lipinski definition) is 4.